The Bertz CT molecular complexity index is 968. The normalized spacial score (nSPS) is 10.4. The quantitative estimate of drug-likeness (QED) is 0.593. The monoisotopic (exact) mass is 395 g/mol. The van der Waals surface area contributed by atoms with E-state index in [0.29, 0.717) is 42.5 Å². The Labute approximate surface area is 170 Å². The van der Waals surface area contributed by atoms with Gasteiger partial charge in [-0.2, -0.15) is 5.10 Å². The lowest BCUT2D eigenvalue weighted by atomic mass is 10.2. The fraction of sp³-hybridized carbons (Fsp3) is 0.273. The zero-order valence-corrected chi connectivity index (χ0v) is 16.8. The second-order valence-electron chi connectivity index (χ2n) is 6.26. The van der Waals surface area contributed by atoms with Gasteiger partial charge in [-0.15, -0.1) is 0 Å². The summed E-state index contributed by atoms with van der Waals surface area (Å²) in [5.74, 6) is 1.73. The molecule has 0 aliphatic heterocycles. The molecule has 0 aliphatic carbocycles. The summed E-state index contributed by atoms with van der Waals surface area (Å²) in [6.07, 6.45) is 3.41. The highest BCUT2D eigenvalue weighted by Gasteiger charge is 2.13. The average Bonchev–Trinajstić information content (AvgIpc) is 3.16. The molecule has 1 aromatic heterocycles. The van der Waals surface area contributed by atoms with Gasteiger partial charge in [0, 0.05) is 11.8 Å². The highest BCUT2D eigenvalue weighted by molar-refractivity contribution is 6.04. The van der Waals surface area contributed by atoms with E-state index in [1.165, 1.54) is 0 Å². The van der Waals surface area contributed by atoms with E-state index >= 15 is 0 Å². The lowest BCUT2D eigenvalue weighted by Crippen LogP contribution is -2.12. The van der Waals surface area contributed by atoms with Crippen LogP contribution in [-0.4, -0.2) is 36.0 Å². The number of methoxy groups -OCH3 is 1. The molecule has 1 N–H and O–H groups in total. The number of anilines is 1. The summed E-state index contributed by atoms with van der Waals surface area (Å²) in [5.41, 5.74) is 2.15. The first kappa shape index (κ1) is 20.3. The molecule has 0 radical (unpaired) electrons. The van der Waals surface area contributed by atoms with Gasteiger partial charge in [-0.05, 0) is 49.7 Å². The fourth-order valence-electron chi connectivity index (χ4n) is 2.87. The molecular formula is C22H25N3O4. The second kappa shape index (κ2) is 9.64. The molecule has 2 aromatic carbocycles. The lowest BCUT2D eigenvalue weighted by Gasteiger charge is -2.12. The number of benzene rings is 2. The molecule has 29 heavy (non-hydrogen) atoms. The number of carbonyl (C=O) groups is 1. The molecule has 0 atom stereocenters. The SMILES string of the molecule is CCOc1ccc(C(=O)Nc2cnn(Cc3cccc(OC)c3)c2)cc1OCC. The van der Waals surface area contributed by atoms with E-state index in [1.54, 1.807) is 42.4 Å². The van der Waals surface area contributed by atoms with Crippen molar-refractivity contribution < 1.29 is 19.0 Å². The number of carbonyl (C=O) groups excluding carboxylic acids is 1. The van der Waals surface area contributed by atoms with Crippen LogP contribution in [0.2, 0.25) is 0 Å². The van der Waals surface area contributed by atoms with Crippen molar-refractivity contribution in [3.8, 4) is 17.2 Å². The van der Waals surface area contributed by atoms with Crippen molar-refractivity contribution in [2.75, 3.05) is 25.6 Å². The van der Waals surface area contributed by atoms with E-state index < -0.39 is 0 Å². The number of nitrogens with one attached hydrogen (secondary N) is 1. The van der Waals surface area contributed by atoms with E-state index in [2.05, 4.69) is 10.4 Å². The molecule has 3 rings (SSSR count). The number of nitrogens with zero attached hydrogens (tertiary/aromatic N) is 2. The van der Waals surface area contributed by atoms with Crippen molar-refractivity contribution in [3.63, 3.8) is 0 Å². The van der Waals surface area contributed by atoms with Gasteiger partial charge in [-0.3, -0.25) is 9.48 Å². The second-order valence-corrected chi connectivity index (χ2v) is 6.26. The fourth-order valence-corrected chi connectivity index (χ4v) is 2.87. The first-order valence-electron chi connectivity index (χ1n) is 9.49. The molecule has 7 heteroatoms. The molecular weight excluding hydrogens is 370 g/mol. The number of hydrogen-bond donors (Lipinski definition) is 1. The van der Waals surface area contributed by atoms with Gasteiger partial charge in [0.05, 0.1) is 38.8 Å². The molecule has 0 saturated heterocycles. The van der Waals surface area contributed by atoms with Crippen LogP contribution in [0.4, 0.5) is 5.69 Å². The van der Waals surface area contributed by atoms with Gasteiger partial charge < -0.3 is 19.5 Å². The number of ether oxygens (including phenoxy) is 3. The molecule has 0 bridgehead atoms. The van der Waals surface area contributed by atoms with Gasteiger partial charge in [0.1, 0.15) is 5.75 Å². The third-order valence-electron chi connectivity index (χ3n) is 4.18. The summed E-state index contributed by atoms with van der Waals surface area (Å²) in [6, 6.07) is 12.9. The van der Waals surface area contributed by atoms with E-state index in [9.17, 15) is 4.79 Å². The Hall–Kier alpha value is -3.48. The van der Waals surface area contributed by atoms with Crippen LogP contribution < -0.4 is 19.5 Å². The van der Waals surface area contributed by atoms with Crippen LogP contribution >= 0.6 is 0 Å². The van der Waals surface area contributed by atoms with Crippen molar-refractivity contribution in [2.45, 2.75) is 20.4 Å². The molecule has 0 aliphatic rings. The molecule has 1 heterocycles. The Balaban J connectivity index is 1.69. The Morgan fingerprint density at radius 1 is 1.07 bits per heavy atom. The molecule has 3 aromatic rings. The molecule has 0 saturated carbocycles. The van der Waals surface area contributed by atoms with Gasteiger partial charge in [0.2, 0.25) is 0 Å². The van der Waals surface area contributed by atoms with Crippen molar-refractivity contribution in [1.29, 1.82) is 0 Å². The minimum absolute atomic E-state index is 0.241. The molecule has 0 unspecified atom stereocenters. The van der Waals surface area contributed by atoms with Crippen LogP contribution in [0.5, 0.6) is 17.2 Å². The van der Waals surface area contributed by atoms with Gasteiger partial charge in [0.15, 0.2) is 11.5 Å². The van der Waals surface area contributed by atoms with Gasteiger partial charge in [0.25, 0.3) is 5.91 Å². The largest absolute Gasteiger partial charge is 0.497 e. The Morgan fingerprint density at radius 3 is 2.62 bits per heavy atom. The first-order valence-corrected chi connectivity index (χ1v) is 9.49. The summed E-state index contributed by atoms with van der Waals surface area (Å²) >= 11 is 0. The third-order valence-corrected chi connectivity index (χ3v) is 4.18. The molecule has 0 fully saturated rings. The maximum atomic E-state index is 12.6. The predicted molar refractivity (Wildman–Crippen MR) is 111 cm³/mol. The molecule has 152 valence electrons. The topological polar surface area (TPSA) is 74.6 Å². The number of aromatic nitrogens is 2. The third kappa shape index (κ3) is 5.28. The number of hydrogen-bond acceptors (Lipinski definition) is 5. The summed E-state index contributed by atoms with van der Waals surface area (Å²) in [4.78, 5) is 12.6. The molecule has 0 spiro atoms. The summed E-state index contributed by atoms with van der Waals surface area (Å²) in [5, 5.41) is 7.18. The minimum atomic E-state index is -0.241. The van der Waals surface area contributed by atoms with Crippen LogP contribution in [0.15, 0.2) is 54.9 Å². The van der Waals surface area contributed by atoms with Crippen LogP contribution in [0.1, 0.15) is 29.8 Å². The van der Waals surface area contributed by atoms with Crippen LogP contribution in [0.3, 0.4) is 0 Å². The minimum Gasteiger partial charge on any atom is -0.497 e. The zero-order chi connectivity index (χ0) is 20.6. The van der Waals surface area contributed by atoms with Gasteiger partial charge in [-0.25, -0.2) is 0 Å². The molecule has 7 nitrogen and oxygen atoms in total. The van der Waals surface area contributed by atoms with E-state index in [-0.39, 0.29) is 5.91 Å². The maximum Gasteiger partial charge on any atom is 0.255 e. The van der Waals surface area contributed by atoms with Crippen molar-refractivity contribution in [1.82, 2.24) is 9.78 Å². The van der Waals surface area contributed by atoms with E-state index in [1.807, 2.05) is 38.1 Å². The van der Waals surface area contributed by atoms with Crippen LogP contribution in [0.25, 0.3) is 0 Å². The first-order chi connectivity index (χ1) is 14.1. The summed E-state index contributed by atoms with van der Waals surface area (Å²) in [6.45, 7) is 5.38. The Kier molecular flexibility index (Phi) is 6.73. The maximum absolute atomic E-state index is 12.6. The van der Waals surface area contributed by atoms with Crippen LogP contribution in [0, 0.1) is 0 Å². The van der Waals surface area contributed by atoms with Crippen LogP contribution in [-0.2, 0) is 6.54 Å². The standard InChI is InChI=1S/C22H25N3O4/c1-4-28-20-10-9-17(12-21(20)29-5-2)22(26)24-18-13-23-25(15-18)14-16-7-6-8-19(11-16)27-3/h6-13,15H,4-5,14H2,1-3H3,(H,24,26). The number of rotatable bonds is 9. The lowest BCUT2D eigenvalue weighted by molar-refractivity contribution is 0.102. The Morgan fingerprint density at radius 2 is 1.86 bits per heavy atom. The summed E-state index contributed by atoms with van der Waals surface area (Å²) < 4.78 is 18.1. The zero-order valence-electron chi connectivity index (χ0n) is 16.8. The van der Waals surface area contributed by atoms with Gasteiger partial charge in [-0.1, -0.05) is 12.1 Å². The predicted octanol–water partition coefficient (Wildman–Crippen LogP) is 3.99. The summed E-state index contributed by atoms with van der Waals surface area (Å²) in [7, 11) is 1.64. The van der Waals surface area contributed by atoms with Crippen molar-refractivity contribution in [3.05, 3.63) is 66.0 Å². The highest BCUT2D eigenvalue weighted by atomic mass is 16.5. The average molecular weight is 395 g/mol. The van der Waals surface area contributed by atoms with Gasteiger partial charge >= 0.3 is 0 Å². The highest BCUT2D eigenvalue weighted by Crippen LogP contribution is 2.29. The van der Waals surface area contributed by atoms with E-state index in [4.69, 9.17) is 14.2 Å². The number of amides is 1. The molecule has 1 amide bonds. The van der Waals surface area contributed by atoms with E-state index in [0.717, 1.165) is 11.3 Å². The smallest absolute Gasteiger partial charge is 0.255 e. The van der Waals surface area contributed by atoms with Crippen molar-refractivity contribution in [2.24, 2.45) is 0 Å². The van der Waals surface area contributed by atoms with Crippen molar-refractivity contribution >= 4 is 11.6 Å².